The van der Waals surface area contributed by atoms with Gasteiger partial charge in [-0.1, -0.05) is 0 Å². The second-order valence-electron chi connectivity index (χ2n) is 5.42. The van der Waals surface area contributed by atoms with Crippen LogP contribution in [0.25, 0.3) is 0 Å². The van der Waals surface area contributed by atoms with Gasteiger partial charge in [0.05, 0.1) is 14.2 Å². The topological polar surface area (TPSA) is 79.9 Å². The molecule has 0 atom stereocenters. The molecule has 0 aliphatic heterocycles. The van der Waals surface area contributed by atoms with Crippen molar-refractivity contribution in [3.05, 3.63) is 42.5 Å². The highest BCUT2D eigenvalue weighted by molar-refractivity contribution is 6.43. The lowest BCUT2D eigenvalue weighted by Crippen LogP contribution is -2.29. The summed E-state index contributed by atoms with van der Waals surface area (Å²) in [4.78, 5) is 26.0. The Labute approximate surface area is 146 Å². The van der Waals surface area contributed by atoms with Crippen molar-refractivity contribution < 1.29 is 19.1 Å². The Morgan fingerprint density at radius 2 is 1.32 bits per heavy atom. The minimum atomic E-state index is -0.774. The molecule has 0 aromatic heterocycles. The molecule has 2 rings (SSSR count). The summed E-state index contributed by atoms with van der Waals surface area (Å²) in [5, 5.41) is 5.08. The summed E-state index contributed by atoms with van der Waals surface area (Å²) in [5.74, 6) is -0.540. The van der Waals surface area contributed by atoms with Crippen LogP contribution < -0.4 is 25.0 Å². The number of amides is 2. The number of rotatable bonds is 5. The fourth-order valence-corrected chi connectivity index (χ4v) is 2.13. The van der Waals surface area contributed by atoms with E-state index in [-0.39, 0.29) is 0 Å². The van der Waals surface area contributed by atoms with Gasteiger partial charge < -0.3 is 25.0 Å². The van der Waals surface area contributed by atoms with Crippen LogP contribution in [0.1, 0.15) is 0 Å². The minimum absolute atomic E-state index is 0.431. The van der Waals surface area contributed by atoms with Crippen LogP contribution in [0, 0.1) is 0 Å². The molecule has 0 saturated heterocycles. The Kier molecular flexibility index (Phi) is 5.84. The molecule has 0 fully saturated rings. The molecule has 0 heterocycles. The second kappa shape index (κ2) is 8.05. The van der Waals surface area contributed by atoms with E-state index in [1.807, 2.05) is 31.1 Å². The zero-order valence-corrected chi connectivity index (χ0v) is 14.6. The van der Waals surface area contributed by atoms with Crippen molar-refractivity contribution in [2.45, 2.75) is 0 Å². The van der Waals surface area contributed by atoms with E-state index in [2.05, 4.69) is 10.6 Å². The van der Waals surface area contributed by atoms with Gasteiger partial charge in [-0.2, -0.15) is 0 Å². The number of hydrogen-bond donors (Lipinski definition) is 2. The molecule has 0 spiro atoms. The third-order valence-electron chi connectivity index (χ3n) is 3.49. The van der Waals surface area contributed by atoms with Gasteiger partial charge in [-0.3, -0.25) is 9.59 Å². The predicted molar refractivity (Wildman–Crippen MR) is 97.6 cm³/mol. The van der Waals surface area contributed by atoms with Crippen LogP contribution in [0.4, 0.5) is 17.1 Å². The molecule has 0 unspecified atom stereocenters. The molecule has 7 heteroatoms. The first-order chi connectivity index (χ1) is 11.9. The summed E-state index contributed by atoms with van der Waals surface area (Å²) < 4.78 is 10.3. The number of carbonyl (C=O) groups excluding carboxylic acids is 2. The first kappa shape index (κ1) is 18.1. The maximum Gasteiger partial charge on any atom is 0.314 e. The molecule has 0 aliphatic rings. The molecule has 0 radical (unpaired) electrons. The van der Waals surface area contributed by atoms with Crippen LogP contribution in [0.5, 0.6) is 11.5 Å². The van der Waals surface area contributed by atoms with E-state index in [0.717, 1.165) is 5.69 Å². The van der Waals surface area contributed by atoms with Gasteiger partial charge in [0, 0.05) is 37.2 Å². The lowest BCUT2D eigenvalue weighted by molar-refractivity contribution is -0.132. The standard InChI is InChI=1S/C18H21N3O4/c1-21(2)14-8-5-12(6-9-14)19-17(22)18(23)20-13-7-10-15(24-3)16(11-13)25-4/h5-11H,1-4H3,(H,19,22)(H,20,23). The third kappa shape index (κ3) is 4.63. The summed E-state index contributed by atoms with van der Waals surface area (Å²) in [7, 11) is 6.85. The van der Waals surface area contributed by atoms with E-state index in [1.165, 1.54) is 14.2 Å². The van der Waals surface area contributed by atoms with Gasteiger partial charge in [0.25, 0.3) is 0 Å². The molecule has 132 valence electrons. The number of nitrogens with one attached hydrogen (secondary N) is 2. The van der Waals surface area contributed by atoms with Crippen LogP contribution >= 0.6 is 0 Å². The number of benzene rings is 2. The van der Waals surface area contributed by atoms with Crippen molar-refractivity contribution >= 4 is 28.9 Å². The van der Waals surface area contributed by atoms with Crippen LogP contribution in [0.3, 0.4) is 0 Å². The van der Waals surface area contributed by atoms with E-state index in [9.17, 15) is 9.59 Å². The molecule has 7 nitrogen and oxygen atoms in total. The van der Waals surface area contributed by atoms with Gasteiger partial charge >= 0.3 is 11.8 Å². The van der Waals surface area contributed by atoms with E-state index >= 15 is 0 Å². The van der Waals surface area contributed by atoms with Gasteiger partial charge in [-0.25, -0.2) is 0 Å². The SMILES string of the molecule is COc1ccc(NC(=O)C(=O)Nc2ccc(N(C)C)cc2)cc1OC. The normalized spacial score (nSPS) is 9.92. The van der Waals surface area contributed by atoms with Crippen molar-refractivity contribution in [3.63, 3.8) is 0 Å². The lowest BCUT2D eigenvalue weighted by atomic mass is 10.2. The largest absolute Gasteiger partial charge is 0.493 e. The first-order valence-corrected chi connectivity index (χ1v) is 7.56. The predicted octanol–water partition coefficient (Wildman–Crippen LogP) is 2.35. The summed E-state index contributed by atoms with van der Waals surface area (Å²) in [6, 6.07) is 12.0. The molecule has 0 saturated carbocycles. The van der Waals surface area contributed by atoms with Gasteiger partial charge in [-0.15, -0.1) is 0 Å². The van der Waals surface area contributed by atoms with Gasteiger partial charge in [0.1, 0.15) is 0 Å². The highest BCUT2D eigenvalue weighted by atomic mass is 16.5. The summed E-state index contributed by atoms with van der Waals surface area (Å²) in [6.07, 6.45) is 0. The molecule has 2 aromatic rings. The maximum atomic E-state index is 12.0. The molecule has 2 N–H and O–H groups in total. The number of carbonyl (C=O) groups is 2. The van der Waals surface area contributed by atoms with E-state index in [4.69, 9.17) is 9.47 Å². The highest BCUT2D eigenvalue weighted by Crippen LogP contribution is 2.29. The molecule has 0 bridgehead atoms. The van der Waals surface area contributed by atoms with Crippen LogP contribution in [0.15, 0.2) is 42.5 Å². The lowest BCUT2D eigenvalue weighted by Gasteiger charge is -2.13. The number of hydrogen-bond acceptors (Lipinski definition) is 5. The van der Waals surface area contributed by atoms with Crippen LogP contribution in [-0.4, -0.2) is 40.1 Å². The van der Waals surface area contributed by atoms with Gasteiger partial charge in [-0.05, 0) is 36.4 Å². The van der Waals surface area contributed by atoms with Crippen molar-refractivity contribution in [2.75, 3.05) is 43.8 Å². The Morgan fingerprint density at radius 1 is 0.800 bits per heavy atom. The molecule has 2 amide bonds. The van der Waals surface area contributed by atoms with Crippen molar-refractivity contribution in [1.82, 2.24) is 0 Å². The monoisotopic (exact) mass is 343 g/mol. The van der Waals surface area contributed by atoms with Crippen molar-refractivity contribution in [3.8, 4) is 11.5 Å². The summed E-state index contributed by atoms with van der Waals surface area (Å²) >= 11 is 0. The number of anilines is 3. The molecule has 0 aliphatic carbocycles. The number of ether oxygens (including phenoxy) is 2. The molecule has 25 heavy (non-hydrogen) atoms. The second-order valence-corrected chi connectivity index (χ2v) is 5.42. The first-order valence-electron chi connectivity index (χ1n) is 7.56. The van der Waals surface area contributed by atoms with Crippen molar-refractivity contribution in [1.29, 1.82) is 0 Å². The van der Waals surface area contributed by atoms with E-state index < -0.39 is 11.8 Å². The van der Waals surface area contributed by atoms with Gasteiger partial charge in [0.2, 0.25) is 0 Å². The Morgan fingerprint density at radius 3 is 1.84 bits per heavy atom. The maximum absolute atomic E-state index is 12.0. The Hall–Kier alpha value is -3.22. The van der Waals surface area contributed by atoms with E-state index in [1.54, 1.807) is 30.3 Å². The quantitative estimate of drug-likeness (QED) is 0.815. The third-order valence-corrected chi connectivity index (χ3v) is 3.49. The minimum Gasteiger partial charge on any atom is -0.493 e. The van der Waals surface area contributed by atoms with Gasteiger partial charge in [0.15, 0.2) is 11.5 Å². The molecular weight excluding hydrogens is 322 g/mol. The number of nitrogens with zero attached hydrogens (tertiary/aromatic N) is 1. The number of methoxy groups -OCH3 is 2. The fraction of sp³-hybridized carbons (Fsp3) is 0.222. The zero-order valence-electron chi connectivity index (χ0n) is 14.6. The summed E-state index contributed by atoms with van der Waals surface area (Å²) in [5.41, 5.74) is 1.96. The molecular formula is C18H21N3O4. The Balaban J connectivity index is 2.01. The van der Waals surface area contributed by atoms with Crippen LogP contribution in [-0.2, 0) is 9.59 Å². The zero-order chi connectivity index (χ0) is 18.4. The van der Waals surface area contributed by atoms with Crippen LogP contribution in [0.2, 0.25) is 0 Å². The smallest absolute Gasteiger partial charge is 0.314 e. The summed E-state index contributed by atoms with van der Waals surface area (Å²) in [6.45, 7) is 0. The highest BCUT2D eigenvalue weighted by Gasteiger charge is 2.15. The van der Waals surface area contributed by atoms with E-state index in [0.29, 0.717) is 22.9 Å². The average molecular weight is 343 g/mol. The average Bonchev–Trinajstić information content (AvgIpc) is 2.61. The fourth-order valence-electron chi connectivity index (χ4n) is 2.13. The van der Waals surface area contributed by atoms with Crippen molar-refractivity contribution in [2.24, 2.45) is 0 Å². The molecule has 2 aromatic carbocycles. The Bertz CT molecular complexity index is 757.